The first-order valence-corrected chi connectivity index (χ1v) is 11.6. The molecule has 0 fully saturated rings. The molecule has 0 unspecified atom stereocenters. The molecule has 0 amide bonds. The fourth-order valence-electron chi connectivity index (χ4n) is 4.89. The van der Waals surface area contributed by atoms with Crippen LogP contribution < -0.4 is 29.6 Å². The van der Waals surface area contributed by atoms with Crippen LogP contribution in [0.3, 0.4) is 0 Å². The Hall–Kier alpha value is -2.18. The standard InChI is InChI=1S/C26H15ClO3S.Na/c27-22-14-13-21-17-9-3-6-12-20(17)24(25(21)26(22)31(28,29)30)23-18-10-4-1-7-15(18)16-8-2-5-11-19(16)23;/h1-14H,(H,28,29,30);/q;+1/p-1. The molecule has 0 heterocycles. The first-order chi connectivity index (χ1) is 15.0. The molecule has 2 aliphatic carbocycles. The van der Waals surface area contributed by atoms with Crippen LogP contribution in [0.25, 0.3) is 33.4 Å². The van der Waals surface area contributed by atoms with E-state index < -0.39 is 10.1 Å². The average molecular weight is 465 g/mol. The van der Waals surface area contributed by atoms with Gasteiger partial charge in [0.05, 0.1) is 9.92 Å². The summed E-state index contributed by atoms with van der Waals surface area (Å²) in [4.78, 5) is -0.354. The molecule has 0 aromatic heterocycles. The summed E-state index contributed by atoms with van der Waals surface area (Å²) in [6.07, 6.45) is 0. The second kappa shape index (κ2) is 7.70. The van der Waals surface area contributed by atoms with Gasteiger partial charge in [-0.25, -0.2) is 8.42 Å². The van der Waals surface area contributed by atoms with Crippen molar-refractivity contribution < 1.29 is 42.5 Å². The van der Waals surface area contributed by atoms with Crippen LogP contribution in [0.15, 0.2) is 89.8 Å². The van der Waals surface area contributed by atoms with Gasteiger partial charge in [-0.15, -0.1) is 0 Å². The third-order valence-electron chi connectivity index (χ3n) is 6.03. The van der Waals surface area contributed by atoms with E-state index in [0.717, 1.165) is 44.5 Å². The minimum Gasteiger partial charge on any atom is -0.744 e. The summed E-state index contributed by atoms with van der Waals surface area (Å²) >= 11 is 6.31. The van der Waals surface area contributed by atoms with Crippen LogP contribution in [0.4, 0.5) is 0 Å². The maximum absolute atomic E-state index is 12.4. The van der Waals surface area contributed by atoms with E-state index in [-0.39, 0.29) is 39.5 Å². The summed E-state index contributed by atoms with van der Waals surface area (Å²) in [6.45, 7) is 0. The van der Waals surface area contributed by atoms with Gasteiger partial charge >= 0.3 is 29.6 Å². The zero-order valence-electron chi connectivity index (χ0n) is 17.1. The van der Waals surface area contributed by atoms with Crippen LogP contribution in [0, 0.1) is 0 Å². The Morgan fingerprint density at radius 3 is 1.44 bits per heavy atom. The quantitative estimate of drug-likeness (QED) is 0.277. The number of fused-ring (bicyclic) bond motifs is 6. The summed E-state index contributed by atoms with van der Waals surface area (Å²) < 4.78 is 37.1. The molecule has 0 N–H and O–H groups in total. The van der Waals surface area contributed by atoms with E-state index in [1.54, 1.807) is 6.07 Å². The maximum atomic E-state index is 12.4. The number of benzene rings is 4. The third-order valence-corrected chi connectivity index (χ3v) is 7.38. The molecule has 150 valence electrons. The molecular formula is C26H14ClNaO3S. The SMILES string of the molecule is O=S(=O)([O-])c1c(Cl)ccc2c1C(=C1c3ccccc3-c3ccccc31)c1ccccc1-2.[Na+]. The van der Waals surface area contributed by atoms with Crippen molar-refractivity contribution in [1.82, 2.24) is 0 Å². The Morgan fingerprint density at radius 1 is 0.562 bits per heavy atom. The zero-order valence-corrected chi connectivity index (χ0v) is 20.7. The molecule has 4 aromatic carbocycles. The first kappa shape index (κ1) is 21.7. The Balaban J connectivity index is 0.00000216. The fraction of sp³-hybridized carbons (Fsp3) is 0. The minimum absolute atomic E-state index is 0. The average Bonchev–Trinajstić information content (AvgIpc) is 3.25. The van der Waals surface area contributed by atoms with Gasteiger partial charge in [0.15, 0.2) is 0 Å². The van der Waals surface area contributed by atoms with Crippen LogP contribution >= 0.6 is 11.6 Å². The second-order valence-corrected chi connectivity index (χ2v) is 9.36. The van der Waals surface area contributed by atoms with Crippen LogP contribution in [0.2, 0.25) is 5.02 Å². The normalized spacial score (nSPS) is 13.2. The minimum atomic E-state index is -4.81. The molecule has 3 nitrogen and oxygen atoms in total. The van der Waals surface area contributed by atoms with E-state index in [0.29, 0.717) is 11.1 Å². The van der Waals surface area contributed by atoms with E-state index in [4.69, 9.17) is 11.6 Å². The monoisotopic (exact) mass is 464 g/mol. The molecular weight excluding hydrogens is 451 g/mol. The molecule has 6 rings (SSSR count). The predicted molar refractivity (Wildman–Crippen MR) is 122 cm³/mol. The van der Waals surface area contributed by atoms with Crippen molar-refractivity contribution in [3.8, 4) is 22.3 Å². The molecule has 0 bridgehead atoms. The Kier molecular flexibility index (Phi) is 5.21. The van der Waals surface area contributed by atoms with Gasteiger partial charge < -0.3 is 4.55 Å². The summed E-state index contributed by atoms with van der Waals surface area (Å²) in [6, 6.07) is 27.2. The first-order valence-electron chi connectivity index (χ1n) is 9.79. The van der Waals surface area contributed by atoms with Crippen molar-refractivity contribution >= 4 is 32.9 Å². The van der Waals surface area contributed by atoms with Gasteiger partial charge in [-0.05, 0) is 56.2 Å². The van der Waals surface area contributed by atoms with Gasteiger partial charge in [0, 0.05) is 5.56 Å². The molecule has 32 heavy (non-hydrogen) atoms. The van der Waals surface area contributed by atoms with E-state index in [9.17, 15) is 13.0 Å². The van der Waals surface area contributed by atoms with Crippen molar-refractivity contribution in [1.29, 1.82) is 0 Å². The Bertz CT molecular complexity index is 1520. The van der Waals surface area contributed by atoms with Crippen molar-refractivity contribution in [2.24, 2.45) is 0 Å². The van der Waals surface area contributed by atoms with Gasteiger partial charge in [0.2, 0.25) is 0 Å². The van der Waals surface area contributed by atoms with Crippen LogP contribution in [0.1, 0.15) is 22.3 Å². The predicted octanol–water partition coefficient (Wildman–Crippen LogP) is 3.22. The van der Waals surface area contributed by atoms with Crippen LogP contribution in [0.5, 0.6) is 0 Å². The van der Waals surface area contributed by atoms with Crippen LogP contribution in [-0.2, 0) is 10.1 Å². The van der Waals surface area contributed by atoms with Crippen molar-refractivity contribution in [3.05, 3.63) is 112 Å². The van der Waals surface area contributed by atoms with E-state index >= 15 is 0 Å². The molecule has 6 heteroatoms. The summed E-state index contributed by atoms with van der Waals surface area (Å²) in [5.41, 5.74) is 8.73. The van der Waals surface area contributed by atoms with Gasteiger partial charge in [0.1, 0.15) is 10.1 Å². The number of hydrogen-bond acceptors (Lipinski definition) is 3. The van der Waals surface area contributed by atoms with E-state index in [2.05, 4.69) is 12.1 Å². The van der Waals surface area contributed by atoms with Gasteiger partial charge in [-0.1, -0.05) is 90.5 Å². The van der Waals surface area contributed by atoms with Gasteiger partial charge in [-0.2, -0.15) is 0 Å². The molecule has 0 saturated heterocycles. The van der Waals surface area contributed by atoms with Crippen molar-refractivity contribution in [3.63, 3.8) is 0 Å². The van der Waals surface area contributed by atoms with Crippen LogP contribution in [-0.4, -0.2) is 13.0 Å². The number of rotatable bonds is 1. The van der Waals surface area contributed by atoms with Gasteiger partial charge in [0.25, 0.3) is 0 Å². The summed E-state index contributed by atoms with van der Waals surface area (Å²) in [5.74, 6) is 0. The summed E-state index contributed by atoms with van der Waals surface area (Å²) in [5, 5.41) is -0.0563. The number of halogens is 1. The Labute approximate surface area is 213 Å². The molecule has 0 spiro atoms. The molecule has 4 aromatic rings. The largest absolute Gasteiger partial charge is 1.00 e. The Morgan fingerprint density at radius 2 is 0.969 bits per heavy atom. The van der Waals surface area contributed by atoms with Gasteiger partial charge in [-0.3, -0.25) is 0 Å². The van der Waals surface area contributed by atoms with Crippen molar-refractivity contribution in [2.45, 2.75) is 4.90 Å². The van der Waals surface area contributed by atoms with E-state index in [1.807, 2.05) is 60.7 Å². The van der Waals surface area contributed by atoms with Crippen molar-refractivity contribution in [2.75, 3.05) is 0 Å². The third kappa shape index (κ3) is 2.99. The number of hydrogen-bond donors (Lipinski definition) is 0. The zero-order chi connectivity index (χ0) is 21.3. The molecule has 0 saturated carbocycles. The molecule has 0 radical (unpaired) electrons. The smallest absolute Gasteiger partial charge is 0.744 e. The fourth-order valence-corrected chi connectivity index (χ4v) is 6.10. The molecule has 0 atom stereocenters. The molecule has 0 aliphatic heterocycles. The summed E-state index contributed by atoms with van der Waals surface area (Å²) in [7, 11) is -4.81. The topological polar surface area (TPSA) is 57.2 Å². The second-order valence-electron chi connectivity index (χ2n) is 7.64. The maximum Gasteiger partial charge on any atom is 1.00 e. The molecule has 2 aliphatic rings. The van der Waals surface area contributed by atoms with E-state index in [1.165, 1.54) is 6.07 Å².